The molecular formula is C31H20F3N3O5S2. The number of nitrogens with one attached hydrogen (secondary N) is 1. The summed E-state index contributed by atoms with van der Waals surface area (Å²) in [5, 5.41) is 3.87. The topological polar surface area (TPSA) is 102 Å². The maximum absolute atomic E-state index is 13.8. The van der Waals surface area contributed by atoms with Crippen molar-refractivity contribution in [3.8, 4) is 0 Å². The maximum Gasteiger partial charge on any atom is 0.416 e. The Morgan fingerprint density at radius 2 is 1.70 bits per heavy atom. The van der Waals surface area contributed by atoms with Gasteiger partial charge in [-0.2, -0.15) is 13.2 Å². The fourth-order valence-corrected chi connectivity index (χ4v) is 8.53. The van der Waals surface area contributed by atoms with Crippen molar-refractivity contribution in [1.82, 2.24) is 4.57 Å². The van der Waals surface area contributed by atoms with Gasteiger partial charge < -0.3 is 9.73 Å². The van der Waals surface area contributed by atoms with Gasteiger partial charge in [-0.1, -0.05) is 65.6 Å². The molecule has 7 rings (SSSR count). The summed E-state index contributed by atoms with van der Waals surface area (Å²) in [6, 6.07) is 20.3. The third kappa shape index (κ3) is 4.63. The second-order valence-corrected chi connectivity index (χ2v) is 12.4. The number of carbonyl (C=O) groups excluding carboxylic acids is 3. The molecule has 3 unspecified atom stereocenters. The van der Waals surface area contributed by atoms with Crippen molar-refractivity contribution in [3.63, 3.8) is 0 Å². The van der Waals surface area contributed by atoms with Crippen LogP contribution >= 0.6 is 23.1 Å². The van der Waals surface area contributed by atoms with E-state index in [1.807, 2.05) is 30.3 Å². The van der Waals surface area contributed by atoms with Crippen LogP contribution in [0.4, 0.5) is 24.5 Å². The first-order valence-electron chi connectivity index (χ1n) is 13.4. The number of imide groups is 1. The second-order valence-electron chi connectivity index (χ2n) is 10.3. The summed E-state index contributed by atoms with van der Waals surface area (Å²) >= 11 is 1.81. The highest BCUT2D eigenvalue weighted by Gasteiger charge is 2.57. The monoisotopic (exact) mass is 635 g/mol. The third-order valence-corrected chi connectivity index (χ3v) is 10.3. The molecule has 44 heavy (non-hydrogen) atoms. The van der Waals surface area contributed by atoms with E-state index in [0.717, 1.165) is 57.0 Å². The molecule has 0 aliphatic carbocycles. The predicted octanol–water partition coefficient (Wildman–Crippen LogP) is 6.11. The van der Waals surface area contributed by atoms with E-state index in [4.69, 9.17) is 4.42 Å². The number of fused-ring (bicyclic) bond motifs is 3. The van der Waals surface area contributed by atoms with E-state index in [-0.39, 0.29) is 12.2 Å². The Hall–Kier alpha value is -4.62. The molecular weight excluding hydrogens is 615 g/mol. The first-order valence-corrected chi connectivity index (χ1v) is 15.1. The molecule has 0 bridgehead atoms. The molecule has 1 fully saturated rings. The molecule has 0 saturated carbocycles. The van der Waals surface area contributed by atoms with Gasteiger partial charge in [-0.05, 0) is 41.8 Å². The van der Waals surface area contributed by atoms with Gasteiger partial charge in [0.15, 0.2) is 0 Å². The normalized spacial score (nSPS) is 19.7. The molecule has 3 amide bonds. The molecule has 2 aliphatic heterocycles. The quantitative estimate of drug-likeness (QED) is 0.234. The first-order chi connectivity index (χ1) is 21.1. The lowest BCUT2D eigenvalue weighted by Crippen LogP contribution is -2.32. The number of hydrogen-bond donors (Lipinski definition) is 1. The van der Waals surface area contributed by atoms with Crippen LogP contribution in [0.25, 0.3) is 10.8 Å². The van der Waals surface area contributed by atoms with Gasteiger partial charge in [0.1, 0.15) is 17.6 Å². The van der Waals surface area contributed by atoms with E-state index in [1.165, 1.54) is 16.9 Å². The molecule has 5 aromatic rings. The van der Waals surface area contributed by atoms with E-state index >= 15 is 0 Å². The van der Waals surface area contributed by atoms with Crippen LogP contribution in [0.1, 0.15) is 22.1 Å². The number of aromatic nitrogens is 1. The van der Waals surface area contributed by atoms with Crippen molar-refractivity contribution in [3.05, 3.63) is 111 Å². The Bertz CT molecular complexity index is 2010. The number of halogens is 3. The highest BCUT2D eigenvalue weighted by Crippen LogP contribution is 2.54. The molecule has 13 heteroatoms. The van der Waals surface area contributed by atoms with E-state index < -0.39 is 51.4 Å². The van der Waals surface area contributed by atoms with Gasteiger partial charge in [0.05, 0.1) is 39.3 Å². The zero-order valence-electron chi connectivity index (χ0n) is 22.4. The predicted molar refractivity (Wildman–Crippen MR) is 159 cm³/mol. The van der Waals surface area contributed by atoms with Crippen LogP contribution in [-0.2, 0) is 27.1 Å². The highest BCUT2D eigenvalue weighted by atomic mass is 32.2. The zero-order valence-corrected chi connectivity index (χ0v) is 24.0. The molecule has 2 aliphatic rings. The number of nitrogens with zero attached hydrogens (tertiary/aromatic N) is 2. The van der Waals surface area contributed by atoms with Gasteiger partial charge in [0.25, 0.3) is 0 Å². The van der Waals surface area contributed by atoms with Crippen LogP contribution in [0.5, 0.6) is 0 Å². The summed E-state index contributed by atoms with van der Waals surface area (Å²) in [6.07, 6.45) is -3.28. The molecule has 0 radical (unpaired) electrons. The lowest BCUT2D eigenvalue weighted by atomic mass is 9.87. The molecule has 4 heterocycles. The minimum Gasteiger partial charge on any atom is -0.469 e. The number of thiazole rings is 1. The smallest absolute Gasteiger partial charge is 0.416 e. The Balaban J connectivity index is 1.25. The summed E-state index contributed by atoms with van der Waals surface area (Å²) in [7, 11) is 0. The molecule has 1 N–H and O–H groups in total. The van der Waals surface area contributed by atoms with Gasteiger partial charge >= 0.3 is 11.0 Å². The molecule has 1 saturated heterocycles. The minimum atomic E-state index is -4.67. The van der Waals surface area contributed by atoms with Crippen molar-refractivity contribution in [2.24, 2.45) is 5.92 Å². The van der Waals surface area contributed by atoms with Crippen LogP contribution in [0, 0.1) is 5.92 Å². The van der Waals surface area contributed by atoms with E-state index in [2.05, 4.69) is 5.32 Å². The number of rotatable bonds is 5. The lowest BCUT2D eigenvalue weighted by molar-refractivity contribution is -0.137. The van der Waals surface area contributed by atoms with Gasteiger partial charge in [-0.25, -0.2) is 4.90 Å². The third-order valence-electron chi connectivity index (χ3n) is 7.70. The largest absolute Gasteiger partial charge is 0.469 e. The van der Waals surface area contributed by atoms with Gasteiger partial charge in [0, 0.05) is 11.1 Å². The summed E-state index contributed by atoms with van der Waals surface area (Å²) in [5.74, 6) is -3.46. The summed E-state index contributed by atoms with van der Waals surface area (Å²) in [6.45, 7) is -0.359. The fourth-order valence-electron chi connectivity index (χ4n) is 5.77. The van der Waals surface area contributed by atoms with Gasteiger partial charge in [-0.15, -0.1) is 0 Å². The van der Waals surface area contributed by atoms with Crippen LogP contribution in [0.3, 0.4) is 0 Å². The Morgan fingerprint density at radius 1 is 0.932 bits per heavy atom. The van der Waals surface area contributed by atoms with Crippen molar-refractivity contribution < 1.29 is 32.0 Å². The number of amides is 3. The van der Waals surface area contributed by atoms with Crippen molar-refractivity contribution in [2.45, 2.75) is 28.9 Å². The number of anilines is 2. The Morgan fingerprint density at radius 3 is 2.48 bits per heavy atom. The van der Waals surface area contributed by atoms with Gasteiger partial charge in [-0.3, -0.25) is 23.7 Å². The van der Waals surface area contributed by atoms with E-state index in [1.54, 1.807) is 24.3 Å². The summed E-state index contributed by atoms with van der Waals surface area (Å²) < 4.78 is 47.3. The van der Waals surface area contributed by atoms with Crippen LogP contribution in [0.2, 0.25) is 0 Å². The molecule has 8 nitrogen and oxygen atoms in total. The number of alkyl halides is 3. The number of thioether (sulfide) groups is 1. The summed E-state index contributed by atoms with van der Waals surface area (Å²) in [5.41, 5.74) is -0.621. The Kier molecular flexibility index (Phi) is 6.74. The number of hydrogen-bond acceptors (Lipinski definition) is 7. The van der Waals surface area contributed by atoms with E-state index in [9.17, 15) is 32.3 Å². The maximum atomic E-state index is 13.8. The standard InChI is InChI=1S/C31H20F3N3O5S2/c32-31(33,34)17-8-4-9-18(14-17)37-27(39)24-23(21-12-5-13-42-21)26-29(43-25(24)28(37)40)36(30(41)44-26)15-22(38)35-20-11-3-7-16-6-1-2-10-19(16)20/h1-14,23-25H,15H2,(H,35,38). The molecule has 2 aromatic heterocycles. The zero-order chi connectivity index (χ0) is 30.7. The second kappa shape index (κ2) is 10.5. The highest BCUT2D eigenvalue weighted by molar-refractivity contribution is 8.00. The lowest BCUT2D eigenvalue weighted by Gasteiger charge is -2.29. The number of carbonyl (C=O) groups is 3. The van der Waals surface area contributed by atoms with Crippen molar-refractivity contribution in [2.75, 3.05) is 10.2 Å². The molecule has 3 atom stereocenters. The Labute approximate surface area is 255 Å². The average Bonchev–Trinajstić information content (AvgIpc) is 3.70. The van der Waals surface area contributed by atoms with Crippen LogP contribution < -0.4 is 15.1 Å². The van der Waals surface area contributed by atoms with E-state index in [0.29, 0.717) is 21.4 Å². The number of benzene rings is 3. The molecule has 222 valence electrons. The van der Waals surface area contributed by atoms with Crippen molar-refractivity contribution in [1.29, 1.82) is 0 Å². The van der Waals surface area contributed by atoms with Crippen molar-refractivity contribution >= 4 is 63.0 Å². The van der Waals surface area contributed by atoms with Gasteiger partial charge in [0.2, 0.25) is 17.7 Å². The summed E-state index contributed by atoms with van der Waals surface area (Å²) in [4.78, 5) is 54.9. The molecule has 3 aromatic carbocycles. The number of furan rings is 1. The van der Waals surface area contributed by atoms with Crippen LogP contribution in [0.15, 0.2) is 99.4 Å². The van der Waals surface area contributed by atoms with Crippen LogP contribution in [-0.4, -0.2) is 27.5 Å². The molecule has 0 spiro atoms. The average molecular weight is 636 g/mol. The fraction of sp³-hybridized carbons (Fsp3) is 0.161. The first kappa shape index (κ1) is 28.2. The minimum absolute atomic E-state index is 0.196. The SMILES string of the molecule is O=C(Cn1c2c(sc1=O)C(c1ccco1)C1C(=O)N(c3cccc(C(F)(F)F)c3)C(=O)C1S2)Nc1cccc2ccccc12.